The van der Waals surface area contributed by atoms with Crippen LogP contribution in [-0.4, -0.2) is 54.7 Å². The van der Waals surface area contributed by atoms with Gasteiger partial charge in [-0.3, -0.25) is 14.6 Å². The average Bonchev–Trinajstić information content (AvgIpc) is 2.61. The van der Waals surface area contributed by atoms with E-state index < -0.39 is 4.87 Å². The van der Waals surface area contributed by atoms with E-state index in [0.717, 1.165) is 11.1 Å². The van der Waals surface area contributed by atoms with Gasteiger partial charge in [-0.25, -0.2) is 0 Å². The number of allylic oxidation sites excluding steroid dienone is 1. The van der Waals surface area contributed by atoms with Crippen molar-refractivity contribution in [3.8, 4) is 0 Å². The first-order chi connectivity index (χ1) is 13.6. The van der Waals surface area contributed by atoms with E-state index in [4.69, 9.17) is 22.1 Å². The predicted octanol–water partition coefficient (Wildman–Crippen LogP) is 2.56. The summed E-state index contributed by atoms with van der Waals surface area (Å²) in [5.74, 6) is -0.295. The fourth-order valence-electron chi connectivity index (χ4n) is 3.51. The minimum Gasteiger partial charge on any atom is -0.404 e. The van der Waals surface area contributed by atoms with Crippen LogP contribution in [0.4, 0.5) is 11.4 Å². The number of aliphatic imine (C=N–C) groups is 1. The number of anilines is 2. The molecule has 2 amide bonds. The molecule has 8 heteroatoms. The summed E-state index contributed by atoms with van der Waals surface area (Å²) in [7, 11) is 0. The summed E-state index contributed by atoms with van der Waals surface area (Å²) in [6.45, 7) is 8.35. The van der Waals surface area contributed by atoms with Crippen molar-refractivity contribution in [1.29, 1.82) is 0 Å². The van der Waals surface area contributed by atoms with Gasteiger partial charge in [-0.1, -0.05) is 6.07 Å². The number of fused-ring (bicyclic) bond motifs is 1. The normalized spacial score (nSPS) is 20.6. The van der Waals surface area contributed by atoms with E-state index in [1.807, 2.05) is 25.1 Å². The summed E-state index contributed by atoms with van der Waals surface area (Å²) in [5.41, 5.74) is 8.68. The number of nitrogens with two attached hydrogens (primary N) is 1. The predicted molar refractivity (Wildman–Crippen MR) is 117 cm³/mol. The standard InChI is InChI=1S/C21H27ClN4O3/c1-13-10-25(20(28)21(3,4)22)19-7-15(5-6-18(19)26(13)14(2)27)16(8-23)9-24-17-11-29-12-17/h5-9,13,17H,10-12,23H2,1-4H3. The van der Waals surface area contributed by atoms with Crippen LogP contribution in [0.1, 0.15) is 33.3 Å². The number of benzene rings is 1. The maximum Gasteiger partial charge on any atom is 0.247 e. The van der Waals surface area contributed by atoms with Crippen molar-refractivity contribution in [3.05, 3.63) is 30.0 Å². The van der Waals surface area contributed by atoms with Gasteiger partial charge in [0.15, 0.2) is 0 Å². The molecule has 156 valence electrons. The van der Waals surface area contributed by atoms with Crippen molar-refractivity contribution in [2.24, 2.45) is 10.7 Å². The smallest absolute Gasteiger partial charge is 0.247 e. The Bertz CT molecular complexity index is 871. The third-order valence-corrected chi connectivity index (χ3v) is 5.23. The maximum absolute atomic E-state index is 13.0. The molecular weight excluding hydrogens is 392 g/mol. The van der Waals surface area contributed by atoms with Gasteiger partial charge in [-0.15, -0.1) is 11.6 Å². The van der Waals surface area contributed by atoms with Crippen molar-refractivity contribution in [1.82, 2.24) is 0 Å². The van der Waals surface area contributed by atoms with E-state index in [1.54, 1.807) is 29.9 Å². The minimum absolute atomic E-state index is 0.0788. The zero-order valence-corrected chi connectivity index (χ0v) is 17.9. The zero-order chi connectivity index (χ0) is 21.3. The number of ether oxygens (including phenoxy) is 1. The molecule has 0 saturated carbocycles. The van der Waals surface area contributed by atoms with Crippen LogP contribution in [0.5, 0.6) is 0 Å². The van der Waals surface area contributed by atoms with E-state index in [0.29, 0.717) is 31.1 Å². The molecule has 7 nitrogen and oxygen atoms in total. The molecule has 0 radical (unpaired) electrons. The quantitative estimate of drug-likeness (QED) is 0.601. The van der Waals surface area contributed by atoms with Crippen LogP contribution in [0.15, 0.2) is 29.4 Å². The van der Waals surface area contributed by atoms with Gasteiger partial charge in [0.25, 0.3) is 0 Å². The van der Waals surface area contributed by atoms with Crippen LogP contribution in [-0.2, 0) is 14.3 Å². The van der Waals surface area contributed by atoms with Gasteiger partial charge in [0.1, 0.15) is 4.87 Å². The lowest BCUT2D eigenvalue weighted by Gasteiger charge is -2.42. The third kappa shape index (κ3) is 4.31. The third-order valence-electron chi connectivity index (χ3n) is 5.06. The molecule has 1 fully saturated rings. The Labute approximate surface area is 176 Å². The molecule has 2 aliphatic heterocycles. The van der Waals surface area contributed by atoms with Gasteiger partial charge in [-0.05, 0) is 38.5 Å². The second-order valence-corrected chi connectivity index (χ2v) is 8.87. The number of halogens is 1. The summed E-state index contributed by atoms with van der Waals surface area (Å²) in [5, 5.41) is 0. The summed E-state index contributed by atoms with van der Waals surface area (Å²) in [4.78, 5) is 32.1. The molecule has 1 aromatic carbocycles. The Morgan fingerprint density at radius 1 is 1.31 bits per heavy atom. The Morgan fingerprint density at radius 2 is 2.00 bits per heavy atom. The van der Waals surface area contributed by atoms with Gasteiger partial charge in [-0.2, -0.15) is 0 Å². The molecule has 1 atom stereocenters. The SMILES string of the molecule is CC(=O)N1c2ccc(C(C=NC3COC3)=CN)cc2N(C(=O)C(C)(C)Cl)CC1C. The lowest BCUT2D eigenvalue weighted by atomic mass is 10.00. The van der Waals surface area contributed by atoms with Crippen LogP contribution >= 0.6 is 11.6 Å². The first-order valence-corrected chi connectivity index (χ1v) is 9.99. The van der Waals surface area contributed by atoms with E-state index in [-0.39, 0.29) is 23.9 Å². The van der Waals surface area contributed by atoms with E-state index in [2.05, 4.69) is 4.99 Å². The summed E-state index contributed by atoms with van der Waals surface area (Å²) >= 11 is 6.33. The number of alkyl halides is 1. The van der Waals surface area contributed by atoms with Gasteiger partial charge in [0.05, 0.1) is 36.7 Å². The number of carbonyl (C=O) groups excluding carboxylic acids is 2. The molecule has 0 aromatic heterocycles. The van der Waals surface area contributed by atoms with Gasteiger partial charge >= 0.3 is 0 Å². The van der Waals surface area contributed by atoms with Crippen molar-refractivity contribution < 1.29 is 14.3 Å². The van der Waals surface area contributed by atoms with Crippen molar-refractivity contribution in [3.63, 3.8) is 0 Å². The molecule has 2 aliphatic rings. The maximum atomic E-state index is 13.0. The molecular formula is C21H27ClN4O3. The van der Waals surface area contributed by atoms with E-state index in [1.165, 1.54) is 13.1 Å². The minimum atomic E-state index is -1.07. The molecule has 1 aromatic rings. The van der Waals surface area contributed by atoms with Crippen molar-refractivity contribution in [2.75, 3.05) is 29.6 Å². The number of nitrogens with zero attached hydrogens (tertiary/aromatic N) is 3. The second-order valence-electron chi connectivity index (χ2n) is 7.92. The summed E-state index contributed by atoms with van der Waals surface area (Å²) < 4.78 is 5.14. The molecule has 1 unspecified atom stereocenters. The second kappa shape index (κ2) is 8.16. The van der Waals surface area contributed by atoms with E-state index >= 15 is 0 Å². The summed E-state index contributed by atoms with van der Waals surface area (Å²) in [6, 6.07) is 5.56. The molecule has 0 bridgehead atoms. The number of amides is 2. The highest BCUT2D eigenvalue weighted by atomic mass is 35.5. The highest BCUT2D eigenvalue weighted by Crippen LogP contribution is 2.39. The molecule has 3 rings (SSSR count). The molecule has 2 heterocycles. The van der Waals surface area contributed by atoms with E-state index in [9.17, 15) is 9.59 Å². The highest BCUT2D eigenvalue weighted by molar-refractivity contribution is 6.36. The molecule has 29 heavy (non-hydrogen) atoms. The van der Waals surface area contributed by atoms with Crippen LogP contribution in [0.3, 0.4) is 0 Å². The average molecular weight is 419 g/mol. The molecule has 0 aliphatic carbocycles. The monoisotopic (exact) mass is 418 g/mol. The van der Waals surface area contributed by atoms with Gasteiger partial charge in [0, 0.05) is 31.5 Å². The fraction of sp³-hybridized carbons (Fsp3) is 0.476. The van der Waals surface area contributed by atoms with Gasteiger partial charge in [0.2, 0.25) is 11.8 Å². The fourth-order valence-corrected chi connectivity index (χ4v) is 3.61. The lowest BCUT2D eigenvalue weighted by molar-refractivity contribution is -0.121. The van der Waals surface area contributed by atoms with Crippen molar-refractivity contribution >= 4 is 46.6 Å². The molecule has 1 saturated heterocycles. The number of hydrogen-bond acceptors (Lipinski definition) is 5. The van der Waals surface area contributed by atoms with Crippen LogP contribution in [0.25, 0.3) is 5.57 Å². The Kier molecular flexibility index (Phi) is 6.00. The largest absolute Gasteiger partial charge is 0.404 e. The first-order valence-electron chi connectivity index (χ1n) is 9.61. The number of hydrogen-bond donors (Lipinski definition) is 1. The zero-order valence-electron chi connectivity index (χ0n) is 17.2. The van der Waals surface area contributed by atoms with Crippen LogP contribution < -0.4 is 15.5 Å². The van der Waals surface area contributed by atoms with Crippen molar-refractivity contribution in [2.45, 2.75) is 44.7 Å². The Morgan fingerprint density at radius 3 is 2.52 bits per heavy atom. The molecule has 2 N–H and O–H groups in total. The number of rotatable bonds is 4. The van der Waals surface area contributed by atoms with Crippen LogP contribution in [0.2, 0.25) is 0 Å². The number of carbonyl (C=O) groups is 2. The summed E-state index contributed by atoms with van der Waals surface area (Å²) in [6.07, 6.45) is 3.21. The van der Waals surface area contributed by atoms with Gasteiger partial charge < -0.3 is 20.3 Å². The molecule has 0 spiro atoms. The Hall–Kier alpha value is -2.38. The van der Waals surface area contributed by atoms with Crippen LogP contribution in [0, 0.1) is 0 Å². The first kappa shape index (κ1) is 21.3. The Balaban J connectivity index is 2.05. The lowest BCUT2D eigenvalue weighted by Crippen LogP contribution is -2.54. The topological polar surface area (TPSA) is 88.2 Å². The highest BCUT2D eigenvalue weighted by Gasteiger charge is 2.38.